The average Bonchev–Trinajstić information content (AvgIpc) is 2.98. The Hall–Kier alpha value is -3.30. The van der Waals surface area contributed by atoms with E-state index >= 15 is 0 Å². The second-order valence-corrected chi connectivity index (χ2v) is 6.44. The van der Waals surface area contributed by atoms with E-state index in [0.717, 1.165) is 0 Å². The number of hydrogen-bond acceptors (Lipinski definition) is 3. The number of anilines is 1. The molecule has 0 radical (unpaired) electrons. The molecule has 4 rings (SSSR count). The van der Waals surface area contributed by atoms with Crippen molar-refractivity contribution in [2.45, 2.75) is 5.92 Å². The highest BCUT2D eigenvalue weighted by Crippen LogP contribution is 2.38. The van der Waals surface area contributed by atoms with Crippen LogP contribution in [0.5, 0.6) is 0 Å². The highest BCUT2D eigenvalue weighted by atomic mass is 35.5. The van der Waals surface area contributed by atoms with Crippen LogP contribution in [0.3, 0.4) is 0 Å². The SMILES string of the molecule is N#C[C@H]1C(=O)Nc2[nH]n(-c3ccccc3)c(=O)c2[C@H]1c1ccc(Cl)cc1. The summed E-state index contributed by atoms with van der Waals surface area (Å²) < 4.78 is 1.37. The van der Waals surface area contributed by atoms with Crippen molar-refractivity contribution < 1.29 is 4.79 Å². The second kappa shape index (κ2) is 6.21. The lowest BCUT2D eigenvalue weighted by molar-refractivity contribution is -0.119. The van der Waals surface area contributed by atoms with Crippen molar-refractivity contribution in [2.24, 2.45) is 5.92 Å². The standard InChI is InChI=1S/C19H13ClN4O2/c20-12-8-6-11(7-9-12)15-14(10-21)18(25)22-17-16(15)19(26)24(23-17)13-4-2-1-3-5-13/h1-9,14-15,23H,(H,22,25)/t14-,15+/m1/s1. The topological polar surface area (TPSA) is 90.7 Å². The Labute approximate surface area is 153 Å². The molecule has 0 saturated carbocycles. The van der Waals surface area contributed by atoms with Crippen LogP contribution in [0, 0.1) is 17.2 Å². The molecule has 6 nitrogen and oxygen atoms in total. The maximum absolute atomic E-state index is 13.1. The van der Waals surface area contributed by atoms with Crippen molar-refractivity contribution in [3.05, 3.63) is 81.1 Å². The van der Waals surface area contributed by atoms with Gasteiger partial charge >= 0.3 is 0 Å². The van der Waals surface area contributed by atoms with Gasteiger partial charge in [0.05, 0.1) is 17.3 Å². The quantitative estimate of drug-likeness (QED) is 0.732. The molecule has 0 unspecified atom stereocenters. The van der Waals surface area contributed by atoms with Gasteiger partial charge in [0.1, 0.15) is 11.7 Å². The first kappa shape index (κ1) is 16.2. The number of benzene rings is 2. The summed E-state index contributed by atoms with van der Waals surface area (Å²) in [6, 6.07) is 17.9. The third-order valence-corrected chi connectivity index (χ3v) is 4.74. The van der Waals surface area contributed by atoms with E-state index in [2.05, 4.69) is 10.4 Å². The van der Waals surface area contributed by atoms with Crippen LogP contribution in [-0.2, 0) is 4.79 Å². The summed E-state index contributed by atoms with van der Waals surface area (Å²) in [6.07, 6.45) is 0. The van der Waals surface area contributed by atoms with Crippen LogP contribution >= 0.6 is 11.6 Å². The van der Waals surface area contributed by atoms with Crippen molar-refractivity contribution in [3.8, 4) is 11.8 Å². The lowest BCUT2D eigenvalue weighted by Gasteiger charge is -2.26. The van der Waals surface area contributed by atoms with Gasteiger partial charge in [-0.3, -0.25) is 14.7 Å². The van der Waals surface area contributed by atoms with Gasteiger partial charge in [-0.05, 0) is 29.8 Å². The van der Waals surface area contributed by atoms with Crippen molar-refractivity contribution in [2.75, 3.05) is 5.32 Å². The van der Waals surface area contributed by atoms with Gasteiger partial charge in [0.15, 0.2) is 0 Å². The van der Waals surface area contributed by atoms with Crippen LogP contribution in [0.4, 0.5) is 5.82 Å². The Kier molecular flexibility index (Phi) is 3.86. The Balaban J connectivity index is 1.94. The van der Waals surface area contributed by atoms with Gasteiger partial charge in [-0.15, -0.1) is 0 Å². The van der Waals surface area contributed by atoms with E-state index in [0.29, 0.717) is 27.7 Å². The highest BCUT2D eigenvalue weighted by Gasteiger charge is 2.41. The smallest absolute Gasteiger partial charge is 0.277 e. The number of nitrogens with one attached hydrogen (secondary N) is 2. The maximum Gasteiger partial charge on any atom is 0.277 e. The molecule has 1 aliphatic rings. The minimum Gasteiger partial charge on any atom is -0.310 e. The Morgan fingerprint density at radius 2 is 1.73 bits per heavy atom. The number of carbonyl (C=O) groups excluding carboxylic acids is 1. The zero-order valence-corrected chi connectivity index (χ0v) is 14.2. The molecule has 0 bridgehead atoms. The minimum atomic E-state index is -1.00. The number of nitriles is 1. The molecular weight excluding hydrogens is 352 g/mol. The third-order valence-electron chi connectivity index (χ3n) is 4.48. The van der Waals surface area contributed by atoms with Crippen molar-refractivity contribution in [1.82, 2.24) is 9.78 Å². The van der Waals surface area contributed by atoms with Crippen LogP contribution in [-0.4, -0.2) is 15.7 Å². The Morgan fingerprint density at radius 3 is 2.38 bits per heavy atom. The van der Waals surface area contributed by atoms with Gasteiger partial charge in [0.25, 0.3) is 5.56 Å². The largest absolute Gasteiger partial charge is 0.310 e. The molecule has 0 fully saturated rings. The number of halogens is 1. The van der Waals surface area contributed by atoms with Gasteiger partial charge in [-0.2, -0.15) is 5.26 Å². The molecule has 26 heavy (non-hydrogen) atoms. The maximum atomic E-state index is 13.1. The van der Waals surface area contributed by atoms with Crippen LogP contribution in [0.2, 0.25) is 5.02 Å². The molecule has 0 aliphatic carbocycles. The van der Waals surface area contributed by atoms with Gasteiger partial charge in [-0.25, -0.2) is 4.68 Å². The first-order valence-corrected chi connectivity index (χ1v) is 8.34. The first-order chi connectivity index (χ1) is 12.6. The summed E-state index contributed by atoms with van der Waals surface area (Å²) in [5.74, 6) is -1.80. The van der Waals surface area contributed by atoms with Crippen molar-refractivity contribution in [3.63, 3.8) is 0 Å². The normalized spacial score (nSPS) is 18.7. The lowest BCUT2D eigenvalue weighted by atomic mass is 9.79. The average molecular weight is 365 g/mol. The van der Waals surface area contributed by atoms with E-state index in [4.69, 9.17) is 11.6 Å². The number of para-hydroxylation sites is 1. The van der Waals surface area contributed by atoms with Gasteiger partial charge < -0.3 is 5.32 Å². The molecule has 2 N–H and O–H groups in total. The number of H-pyrrole nitrogens is 1. The van der Waals surface area contributed by atoms with E-state index in [1.54, 1.807) is 36.4 Å². The molecule has 2 atom stereocenters. The molecule has 0 saturated heterocycles. The summed E-state index contributed by atoms with van der Waals surface area (Å²) in [5, 5.41) is 15.7. The Morgan fingerprint density at radius 1 is 1.04 bits per heavy atom. The van der Waals surface area contributed by atoms with Crippen LogP contribution in [0.15, 0.2) is 59.4 Å². The zero-order chi connectivity index (χ0) is 18.3. The fourth-order valence-corrected chi connectivity index (χ4v) is 3.40. The van der Waals surface area contributed by atoms with E-state index in [-0.39, 0.29) is 5.56 Å². The zero-order valence-electron chi connectivity index (χ0n) is 13.4. The predicted molar refractivity (Wildman–Crippen MR) is 97.4 cm³/mol. The molecular formula is C19H13ClN4O2. The van der Waals surface area contributed by atoms with E-state index in [1.807, 2.05) is 24.3 Å². The second-order valence-electron chi connectivity index (χ2n) is 6.00. The minimum absolute atomic E-state index is 0.300. The number of rotatable bonds is 2. The molecule has 128 valence electrons. The molecule has 3 aromatic rings. The summed E-state index contributed by atoms with van der Waals surface area (Å²) in [6.45, 7) is 0. The van der Waals surface area contributed by atoms with E-state index in [9.17, 15) is 14.9 Å². The number of carbonyl (C=O) groups is 1. The summed E-state index contributed by atoms with van der Waals surface area (Å²) in [4.78, 5) is 25.5. The van der Waals surface area contributed by atoms with E-state index in [1.165, 1.54) is 4.68 Å². The van der Waals surface area contributed by atoms with Gasteiger partial charge in [0.2, 0.25) is 5.91 Å². The van der Waals surface area contributed by atoms with Crippen molar-refractivity contribution in [1.29, 1.82) is 5.26 Å². The number of hydrogen-bond donors (Lipinski definition) is 2. The molecule has 2 heterocycles. The molecule has 1 amide bonds. The first-order valence-electron chi connectivity index (χ1n) is 7.96. The van der Waals surface area contributed by atoms with Gasteiger partial charge in [0, 0.05) is 10.9 Å². The van der Waals surface area contributed by atoms with Crippen LogP contribution < -0.4 is 10.9 Å². The van der Waals surface area contributed by atoms with Crippen LogP contribution in [0.25, 0.3) is 5.69 Å². The van der Waals surface area contributed by atoms with Gasteiger partial charge in [-0.1, -0.05) is 41.9 Å². The molecule has 1 aromatic heterocycles. The molecule has 1 aliphatic heterocycles. The number of nitrogens with zero attached hydrogens (tertiary/aromatic N) is 2. The van der Waals surface area contributed by atoms with Crippen molar-refractivity contribution >= 4 is 23.3 Å². The molecule has 0 spiro atoms. The monoisotopic (exact) mass is 364 g/mol. The number of aromatic amines is 1. The fourth-order valence-electron chi connectivity index (χ4n) is 3.27. The highest BCUT2D eigenvalue weighted by molar-refractivity contribution is 6.30. The lowest BCUT2D eigenvalue weighted by Crippen LogP contribution is -2.35. The summed E-state index contributed by atoms with van der Waals surface area (Å²) in [5.41, 5.74) is 1.39. The molecule has 7 heteroatoms. The van der Waals surface area contributed by atoms with Crippen LogP contribution in [0.1, 0.15) is 17.0 Å². The molecule has 2 aromatic carbocycles. The summed E-state index contributed by atoms with van der Waals surface area (Å²) in [7, 11) is 0. The predicted octanol–water partition coefficient (Wildman–Crippen LogP) is 3.04. The number of aromatic nitrogens is 2. The fraction of sp³-hybridized carbons (Fsp3) is 0.105. The van der Waals surface area contributed by atoms with E-state index < -0.39 is 17.7 Å². The number of fused-ring (bicyclic) bond motifs is 1. The third kappa shape index (κ3) is 2.50. The Bertz CT molecular complexity index is 1080. The number of amides is 1. The summed E-state index contributed by atoms with van der Waals surface area (Å²) >= 11 is 5.95.